The third kappa shape index (κ3) is 0.907. The van der Waals surface area contributed by atoms with Crippen LogP contribution in [0.15, 0.2) is 41.5 Å². The van der Waals surface area contributed by atoms with Crippen LogP contribution < -0.4 is 0 Å². The molecule has 10 atom stereocenters. The SMILES string of the molecule is c1ccc(COC2CC(=C3C4C5C6C7C5C3C35OC43C6CC75)C2)cc1. The first kappa shape index (κ1) is 12.3. The van der Waals surface area contributed by atoms with Crippen LogP contribution in [0.5, 0.6) is 0 Å². The summed E-state index contributed by atoms with van der Waals surface area (Å²) in [5.74, 6) is 7.96. The summed E-state index contributed by atoms with van der Waals surface area (Å²) < 4.78 is 12.9. The summed E-state index contributed by atoms with van der Waals surface area (Å²) in [6.45, 7) is 0.775. The normalized spacial score (nSPS) is 64.2. The van der Waals surface area contributed by atoms with Gasteiger partial charge in [0.15, 0.2) is 0 Å². The van der Waals surface area contributed by atoms with Gasteiger partial charge in [0.05, 0.1) is 12.7 Å². The van der Waals surface area contributed by atoms with Gasteiger partial charge in [-0.15, -0.1) is 0 Å². The van der Waals surface area contributed by atoms with Gasteiger partial charge in [-0.25, -0.2) is 0 Å². The lowest BCUT2D eigenvalue weighted by Crippen LogP contribution is -2.41. The molecule has 4 bridgehead atoms. The second kappa shape index (κ2) is 3.27. The van der Waals surface area contributed by atoms with Gasteiger partial charge in [0.25, 0.3) is 0 Å². The molecule has 9 fully saturated rings. The van der Waals surface area contributed by atoms with E-state index >= 15 is 0 Å². The minimum absolute atomic E-state index is 0.388. The molecule has 0 radical (unpaired) electrons. The third-order valence-corrected chi connectivity index (χ3v) is 10.3. The molecule has 1 saturated heterocycles. The van der Waals surface area contributed by atoms with Crippen molar-refractivity contribution in [3.63, 3.8) is 0 Å². The van der Waals surface area contributed by atoms with Gasteiger partial charge >= 0.3 is 0 Å². The Morgan fingerprint density at radius 2 is 1.60 bits per heavy atom. The maximum absolute atomic E-state index is 6.70. The summed E-state index contributed by atoms with van der Waals surface area (Å²) in [6, 6.07) is 10.6. The van der Waals surface area contributed by atoms with E-state index in [4.69, 9.17) is 9.47 Å². The lowest BCUT2D eigenvalue weighted by Gasteiger charge is -2.43. The first-order valence-corrected chi connectivity index (χ1v) is 10.4. The predicted octanol–water partition coefficient (Wildman–Crippen LogP) is 3.57. The Morgan fingerprint density at radius 1 is 0.920 bits per heavy atom. The summed E-state index contributed by atoms with van der Waals surface area (Å²) in [7, 11) is 0. The molecule has 0 N–H and O–H groups in total. The fourth-order valence-corrected chi connectivity index (χ4v) is 10.1. The van der Waals surface area contributed by atoms with Gasteiger partial charge in [-0.3, -0.25) is 0 Å². The zero-order chi connectivity index (χ0) is 15.7. The van der Waals surface area contributed by atoms with E-state index in [-0.39, 0.29) is 0 Å². The van der Waals surface area contributed by atoms with E-state index in [0.717, 1.165) is 54.0 Å². The maximum atomic E-state index is 6.70. The molecule has 0 aromatic heterocycles. The molecule has 1 aromatic carbocycles. The second-order valence-electron chi connectivity index (χ2n) is 10.3. The Bertz CT molecular complexity index is 856. The van der Waals surface area contributed by atoms with Crippen LogP contribution in [0.2, 0.25) is 0 Å². The Morgan fingerprint density at radius 3 is 2.28 bits per heavy atom. The van der Waals surface area contributed by atoms with Gasteiger partial charge in [-0.1, -0.05) is 41.5 Å². The highest BCUT2D eigenvalue weighted by Gasteiger charge is 3.07. The molecule has 25 heavy (non-hydrogen) atoms. The van der Waals surface area contributed by atoms with Gasteiger partial charge in [0.1, 0.15) is 11.2 Å². The third-order valence-electron chi connectivity index (χ3n) is 10.3. The molecule has 9 aliphatic rings. The molecule has 1 heterocycles. The average Bonchev–Trinajstić information content (AvgIpc) is 2.71. The van der Waals surface area contributed by atoms with E-state index in [2.05, 4.69) is 30.3 Å². The first-order chi connectivity index (χ1) is 12.4. The smallest absolute Gasteiger partial charge is 0.109 e. The molecule has 8 aliphatic carbocycles. The Hall–Kier alpha value is -1.12. The maximum Gasteiger partial charge on any atom is 0.109 e. The van der Waals surface area contributed by atoms with Gasteiger partial charge < -0.3 is 9.47 Å². The topological polar surface area (TPSA) is 21.8 Å². The van der Waals surface area contributed by atoms with Crippen molar-refractivity contribution in [3.8, 4) is 0 Å². The molecular weight excluding hydrogens is 308 g/mol. The van der Waals surface area contributed by atoms with Crippen LogP contribution in [-0.4, -0.2) is 17.3 Å². The standard InChI is InChI=1S/C23H22O2/c1-2-4-10(5-3-1)9-24-12-6-11(7-12)15-20-18-16-13-8-14-17(16)19(18)21(15)23(14)22(13,20)25-23/h1-5,12-14,16-21H,6-9H2. The van der Waals surface area contributed by atoms with Crippen molar-refractivity contribution in [2.45, 2.75) is 43.2 Å². The van der Waals surface area contributed by atoms with Crippen LogP contribution in [0.1, 0.15) is 24.8 Å². The molecule has 10 rings (SSSR count). The second-order valence-corrected chi connectivity index (χ2v) is 10.3. The zero-order valence-corrected chi connectivity index (χ0v) is 14.2. The lowest BCUT2D eigenvalue weighted by molar-refractivity contribution is 0.0143. The Labute approximate surface area is 147 Å². The average molecular weight is 330 g/mol. The van der Waals surface area contributed by atoms with E-state index in [0.29, 0.717) is 17.3 Å². The molecule has 1 aromatic rings. The first-order valence-electron chi connectivity index (χ1n) is 10.4. The van der Waals surface area contributed by atoms with E-state index in [1.165, 1.54) is 18.4 Å². The van der Waals surface area contributed by atoms with Gasteiger partial charge in [0, 0.05) is 11.8 Å². The number of hydrogen-bond donors (Lipinski definition) is 0. The van der Waals surface area contributed by atoms with Crippen LogP contribution in [-0.2, 0) is 16.1 Å². The molecule has 1 aliphatic heterocycles. The Kier molecular flexibility index (Phi) is 1.61. The largest absolute Gasteiger partial charge is 0.373 e. The molecule has 2 nitrogen and oxygen atoms in total. The summed E-state index contributed by atoms with van der Waals surface area (Å²) in [5.41, 5.74) is 5.83. The van der Waals surface area contributed by atoms with E-state index in [1.807, 2.05) is 5.57 Å². The van der Waals surface area contributed by atoms with Crippen LogP contribution in [0.3, 0.4) is 0 Å². The minimum Gasteiger partial charge on any atom is -0.373 e. The number of epoxide rings is 1. The van der Waals surface area contributed by atoms with Gasteiger partial charge in [0.2, 0.25) is 0 Å². The molecule has 2 heteroatoms. The van der Waals surface area contributed by atoms with E-state index in [9.17, 15) is 0 Å². The van der Waals surface area contributed by atoms with Crippen molar-refractivity contribution >= 4 is 0 Å². The molecule has 2 spiro atoms. The van der Waals surface area contributed by atoms with Crippen molar-refractivity contribution in [2.24, 2.45) is 47.3 Å². The van der Waals surface area contributed by atoms with Crippen molar-refractivity contribution in [2.75, 3.05) is 0 Å². The van der Waals surface area contributed by atoms with Crippen molar-refractivity contribution in [3.05, 3.63) is 47.0 Å². The molecule has 0 amide bonds. The van der Waals surface area contributed by atoms with Crippen molar-refractivity contribution < 1.29 is 9.47 Å². The minimum atomic E-state index is 0.388. The van der Waals surface area contributed by atoms with E-state index < -0.39 is 0 Å². The fraction of sp³-hybridized carbons (Fsp3) is 0.652. The summed E-state index contributed by atoms with van der Waals surface area (Å²) in [5, 5.41) is 0. The van der Waals surface area contributed by atoms with Gasteiger partial charge in [-0.2, -0.15) is 0 Å². The van der Waals surface area contributed by atoms with Crippen LogP contribution in [0.4, 0.5) is 0 Å². The lowest BCUT2D eigenvalue weighted by atomic mass is 9.60. The highest BCUT2D eigenvalue weighted by molar-refractivity contribution is 5.62. The molecule has 10 unspecified atom stereocenters. The van der Waals surface area contributed by atoms with Crippen LogP contribution >= 0.6 is 0 Å². The Balaban J connectivity index is 1.03. The summed E-state index contributed by atoms with van der Waals surface area (Å²) in [6.07, 6.45) is 4.43. The molecule has 126 valence electrons. The highest BCUT2D eigenvalue weighted by atomic mass is 16.6. The predicted molar refractivity (Wildman–Crippen MR) is 90.4 cm³/mol. The number of benzene rings is 1. The highest BCUT2D eigenvalue weighted by Crippen LogP contribution is 3.02. The number of rotatable bonds is 3. The van der Waals surface area contributed by atoms with Crippen LogP contribution in [0.25, 0.3) is 0 Å². The summed E-state index contributed by atoms with van der Waals surface area (Å²) >= 11 is 0. The monoisotopic (exact) mass is 330 g/mol. The summed E-state index contributed by atoms with van der Waals surface area (Å²) in [4.78, 5) is 0. The number of ether oxygens (including phenoxy) is 2. The van der Waals surface area contributed by atoms with Crippen molar-refractivity contribution in [1.29, 1.82) is 0 Å². The molecule has 8 saturated carbocycles. The van der Waals surface area contributed by atoms with Crippen LogP contribution in [0, 0.1) is 47.3 Å². The fourth-order valence-electron chi connectivity index (χ4n) is 10.1. The quantitative estimate of drug-likeness (QED) is 0.624. The van der Waals surface area contributed by atoms with E-state index in [1.54, 1.807) is 12.0 Å². The van der Waals surface area contributed by atoms with Gasteiger partial charge in [-0.05, 0) is 60.3 Å². The van der Waals surface area contributed by atoms with Crippen molar-refractivity contribution in [1.82, 2.24) is 0 Å². The number of hydrogen-bond acceptors (Lipinski definition) is 2. The zero-order valence-electron chi connectivity index (χ0n) is 14.2. The molecular formula is C23H22O2.